The third-order valence-electron chi connectivity index (χ3n) is 2.34. The van der Waals surface area contributed by atoms with Crippen molar-refractivity contribution in [1.82, 2.24) is 5.16 Å². The van der Waals surface area contributed by atoms with Crippen molar-refractivity contribution in [1.29, 1.82) is 5.26 Å². The molecule has 0 saturated heterocycles. The fourth-order valence-electron chi connectivity index (χ4n) is 1.63. The van der Waals surface area contributed by atoms with Crippen molar-refractivity contribution in [2.24, 2.45) is 5.92 Å². The molecule has 0 aromatic carbocycles. The Kier molecular flexibility index (Phi) is 1.83. The lowest BCUT2D eigenvalue weighted by Gasteiger charge is -1.99. The van der Waals surface area contributed by atoms with Gasteiger partial charge in [-0.2, -0.15) is 5.26 Å². The van der Waals surface area contributed by atoms with E-state index in [1.54, 1.807) is 6.20 Å². The van der Waals surface area contributed by atoms with E-state index in [4.69, 9.17) is 9.78 Å². The highest BCUT2D eigenvalue weighted by Crippen LogP contribution is 2.23. The first-order valence-electron chi connectivity index (χ1n) is 4.22. The maximum Gasteiger partial charge on any atom is 0.141 e. The molecule has 1 atom stereocenters. The third-order valence-corrected chi connectivity index (χ3v) is 2.34. The zero-order valence-corrected chi connectivity index (χ0v) is 6.79. The van der Waals surface area contributed by atoms with Crippen molar-refractivity contribution in [2.75, 3.05) is 0 Å². The van der Waals surface area contributed by atoms with Gasteiger partial charge in [-0.3, -0.25) is 0 Å². The maximum atomic E-state index is 8.77. The Bertz CT molecular complexity index is 311. The molecule has 1 aliphatic rings. The van der Waals surface area contributed by atoms with Gasteiger partial charge in [0.25, 0.3) is 0 Å². The van der Waals surface area contributed by atoms with Gasteiger partial charge in [0.05, 0.1) is 18.2 Å². The highest BCUT2D eigenvalue weighted by atomic mass is 16.5. The number of nitrogens with zero attached hydrogens (tertiary/aromatic N) is 2. The Balaban J connectivity index is 2.25. The predicted octanol–water partition coefficient (Wildman–Crippen LogP) is 1.69. The second kappa shape index (κ2) is 2.98. The Labute approximate surface area is 71.0 Å². The number of hydrogen-bond donors (Lipinski definition) is 0. The van der Waals surface area contributed by atoms with Crippen LogP contribution in [0.25, 0.3) is 0 Å². The molecule has 0 unspecified atom stereocenters. The van der Waals surface area contributed by atoms with E-state index in [-0.39, 0.29) is 5.92 Å². The molecule has 0 spiro atoms. The molecule has 0 N–H and O–H groups in total. The van der Waals surface area contributed by atoms with Gasteiger partial charge in [-0.1, -0.05) is 5.16 Å². The van der Waals surface area contributed by atoms with E-state index in [0.29, 0.717) is 0 Å². The molecule has 0 radical (unpaired) electrons. The summed E-state index contributed by atoms with van der Waals surface area (Å²) in [7, 11) is 0. The topological polar surface area (TPSA) is 49.8 Å². The van der Waals surface area contributed by atoms with Crippen molar-refractivity contribution in [3.63, 3.8) is 0 Å². The second-order valence-electron chi connectivity index (χ2n) is 3.20. The molecule has 12 heavy (non-hydrogen) atoms. The first kappa shape index (κ1) is 7.35. The van der Waals surface area contributed by atoms with E-state index in [1.165, 1.54) is 5.56 Å². The Morgan fingerprint density at radius 3 is 3.42 bits per heavy atom. The van der Waals surface area contributed by atoms with Gasteiger partial charge in [0.2, 0.25) is 0 Å². The largest absolute Gasteiger partial charge is 0.361 e. The van der Waals surface area contributed by atoms with Crippen LogP contribution in [0.1, 0.15) is 24.2 Å². The molecule has 1 aromatic rings. The highest BCUT2D eigenvalue weighted by Gasteiger charge is 2.19. The molecule has 0 fully saturated rings. The predicted molar refractivity (Wildman–Crippen MR) is 42.2 cm³/mol. The molecule has 0 amide bonds. The minimum absolute atomic E-state index is 0.124. The van der Waals surface area contributed by atoms with Crippen LogP contribution in [0, 0.1) is 17.2 Å². The van der Waals surface area contributed by atoms with Crippen molar-refractivity contribution in [3.8, 4) is 6.07 Å². The quantitative estimate of drug-likeness (QED) is 0.545. The van der Waals surface area contributed by atoms with Crippen LogP contribution in [0.5, 0.6) is 0 Å². The van der Waals surface area contributed by atoms with E-state index < -0.39 is 0 Å². The Morgan fingerprint density at radius 1 is 1.67 bits per heavy atom. The first-order valence-corrected chi connectivity index (χ1v) is 4.22. The molecular weight excluding hydrogens is 152 g/mol. The lowest BCUT2D eigenvalue weighted by molar-refractivity contribution is 0.370. The summed E-state index contributed by atoms with van der Waals surface area (Å²) in [5, 5.41) is 12.5. The van der Waals surface area contributed by atoms with Crippen LogP contribution >= 0.6 is 0 Å². The van der Waals surface area contributed by atoms with Gasteiger partial charge in [0.15, 0.2) is 0 Å². The number of hydrogen-bond acceptors (Lipinski definition) is 3. The summed E-state index contributed by atoms with van der Waals surface area (Å²) >= 11 is 0. The summed E-state index contributed by atoms with van der Waals surface area (Å²) in [5.41, 5.74) is 1.19. The van der Waals surface area contributed by atoms with Crippen molar-refractivity contribution >= 4 is 0 Å². The molecule has 1 aliphatic carbocycles. The average Bonchev–Trinajstić information content (AvgIpc) is 2.43. The summed E-state index contributed by atoms with van der Waals surface area (Å²) < 4.78 is 5.07. The van der Waals surface area contributed by atoms with Crippen LogP contribution in [-0.2, 0) is 12.8 Å². The van der Waals surface area contributed by atoms with Gasteiger partial charge in [-0.05, 0) is 19.3 Å². The monoisotopic (exact) mass is 162 g/mol. The summed E-state index contributed by atoms with van der Waals surface area (Å²) in [6.45, 7) is 0. The van der Waals surface area contributed by atoms with Gasteiger partial charge in [-0.15, -0.1) is 0 Å². The zero-order valence-electron chi connectivity index (χ0n) is 6.79. The van der Waals surface area contributed by atoms with Gasteiger partial charge >= 0.3 is 0 Å². The Morgan fingerprint density at radius 2 is 2.58 bits per heavy atom. The fourth-order valence-corrected chi connectivity index (χ4v) is 1.63. The number of aromatic nitrogens is 1. The van der Waals surface area contributed by atoms with E-state index >= 15 is 0 Å². The lowest BCUT2D eigenvalue weighted by atomic mass is 10.0. The summed E-state index contributed by atoms with van der Waals surface area (Å²) in [6, 6.07) is 2.29. The zero-order chi connectivity index (χ0) is 8.39. The van der Waals surface area contributed by atoms with Crippen LogP contribution in [0.4, 0.5) is 0 Å². The summed E-state index contributed by atoms with van der Waals surface area (Å²) in [6.07, 6.45) is 5.59. The summed E-state index contributed by atoms with van der Waals surface area (Å²) in [4.78, 5) is 0. The number of nitriles is 1. The average molecular weight is 162 g/mol. The van der Waals surface area contributed by atoms with Crippen LogP contribution < -0.4 is 0 Å². The minimum Gasteiger partial charge on any atom is -0.361 e. The van der Waals surface area contributed by atoms with E-state index in [9.17, 15) is 0 Å². The normalized spacial score (nSPS) is 22.4. The van der Waals surface area contributed by atoms with Crippen LogP contribution in [0.2, 0.25) is 0 Å². The molecule has 0 saturated carbocycles. The first-order chi connectivity index (χ1) is 5.90. The van der Waals surface area contributed by atoms with Crippen LogP contribution in [0.15, 0.2) is 10.7 Å². The molecule has 1 heterocycles. The lowest BCUT2D eigenvalue weighted by Crippen LogP contribution is -1.98. The standard InChI is InChI=1S/C9H10N2O/c10-5-7-2-1-3-8-6-11-12-9(8)4-7/h6-7H,1-4H2/t7-/m0/s1. The van der Waals surface area contributed by atoms with E-state index in [2.05, 4.69) is 11.2 Å². The molecular formula is C9H10N2O. The molecule has 2 rings (SSSR count). The molecule has 1 aromatic heterocycles. The Hall–Kier alpha value is -1.30. The van der Waals surface area contributed by atoms with Crippen molar-refractivity contribution in [2.45, 2.75) is 25.7 Å². The van der Waals surface area contributed by atoms with Gasteiger partial charge in [-0.25, -0.2) is 0 Å². The highest BCUT2D eigenvalue weighted by molar-refractivity contribution is 5.17. The molecule has 0 aliphatic heterocycles. The fraction of sp³-hybridized carbons (Fsp3) is 0.556. The van der Waals surface area contributed by atoms with E-state index in [0.717, 1.165) is 31.4 Å². The maximum absolute atomic E-state index is 8.77. The number of rotatable bonds is 0. The van der Waals surface area contributed by atoms with Crippen LogP contribution in [-0.4, -0.2) is 5.16 Å². The van der Waals surface area contributed by atoms with Crippen LogP contribution in [0.3, 0.4) is 0 Å². The van der Waals surface area contributed by atoms with Gasteiger partial charge in [0.1, 0.15) is 5.76 Å². The molecule has 62 valence electrons. The smallest absolute Gasteiger partial charge is 0.141 e. The van der Waals surface area contributed by atoms with Gasteiger partial charge < -0.3 is 4.52 Å². The van der Waals surface area contributed by atoms with E-state index in [1.807, 2.05) is 0 Å². The van der Waals surface area contributed by atoms with Crippen molar-refractivity contribution in [3.05, 3.63) is 17.5 Å². The molecule has 0 bridgehead atoms. The summed E-state index contributed by atoms with van der Waals surface area (Å²) in [5.74, 6) is 1.04. The SMILES string of the molecule is N#C[C@H]1CCCc2cnoc2C1. The minimum atomic E-state index is 0.124. The third kappa shape index (κ3) is 1.20. The molecule has 3 nitrogen and oxygen atoms in total. The van der Waals surface area contributed by atoms with Gasteiger partial charge in [0, 0.05) is 12.0 Å². The number of aryl methyl sites for hydroxylation is 1. The number of fused-ring (bicyclic) bond motifs is 1. The van der Waals surface area contributed by atoms with Crippen molar-refractivity contribution < 1.29 is 4.52 Å². The second-order valence-corrected chi connectivity index (χ2v) is 3.20. The molecule has 3 heteroatoms.